The molecule has 156 valence electrons. The molecule has 0 amide bonds. The summed E-state index contributed by atoms with van der Waals surface area (Å²) >= 11 is 0. The van der Waals surface area contributed by atoms with E-state index in [-0.39, 0.29) is 5.41 Å². The molecule has 0 radical (unpaired) electrons. The molecule has 0 aromatic carbocycles. The molecule has 9 heteroatoms. The first kappa shape index (κ1) is 25.2. The van der Waals surface area contributed by atoms with Crippen molar-refractivity contribution in [3.05, 3.63) is 0 Å². The Morgan fingerprint density at radius 3 is 1.92 bits per heavy atom. The average molecular weight is 404 g/mol. The van der Waals surface area contributed by atoms with Crippen LogP contribution in [0.25, 0.3) is 0 Å². The van der Waals surface area contributed by atoms with Crippen molar-refractivity contribution in [2.75, 3.05) is 6.61 Å². The van der Waals surface area contributed by atoms with E-state index in [0.29, 0.717) is 12.8 Å². The number of hydrogen-bond acceptors (Lipinski definition) is 4. The van der Waals surface area contributed by atoms with Crippen molar-refractivity contribution in [1.29, 1.82) is 0 Å². The molecule has 0 fully saturated rings. The molecule has 0 spiro atoms. The second kappa shape index (κ2) is 8.04. The molecule has 0 saturated heterocycles. The van der Waals surface area contributed by atoms with Crippen molar-refractivity contribution in [1.82, 2.24) is 0 Å². The van der Waals surface area contributed by atoms with Gasteiger partial charge in [0.2, 0.25) is 0 Å². The standard InChI is InChI=1S/C17H31F3O5S/c1-8-15(5,6)16(7,11-14(2,3)4)13(21)25-10-9-12(18)17(19,20)26(22,23)24/h12H,8-11H2,1-7H3,(H,22,23,24). The Bertz CT molecular complexity index is 596. The quantitative estimate of drug-likeness (QED) is 0.448. The van der Waals surface area contributed by atoms with Gasteiger partial charge in [-0.2, -0.15) is 17.2 Å². The largest absolute Gasteiger partial charge is 0.465 e. The van der Waals surface area contributed by atoms with Gasteiger partial charge >= 0.3 is 21.3 Å². The minimum Gasteiger partial charge on any atom is -0.465 e. The maximum atomic E-state index is 13.5. The number of halogens is 3. The molecule has 5 nitrogen and oxygen atoms in total. The predicted molar refractivity (Wildman–Crippen MR) is 93.2 cm³/mol. The number of alkyl halides is 3. The van der Waals surface area contributed by atoms with Crippen LogP contribution < -0.4 is 0 Å². The van der Waals surface area contributed by atoms with E-state index in [1.165, 1.54) is 0 Å². The predicted octanol–water partition coefficient (Wildman–Crippen LogP) is 4.62. The van der Waals surface area contributed by atoms with Gasteiger partial charge in [-0.3, -0.25) is 9.35 Å². The van der Waals surface area contributed by atoms with Crippen LogP contribution in [0, 0.1) is 16.2 Å². The van der Waals surface area contributed by atoms with Crippen LogP contribution in [0.15, 0.2) is 0 Å². The Balaban J connectivity index is 5.21. The molecule has 0 bridgehead atoms. The van der Waals surface area contributed by atoms with Crippen LogP contribution in [0.3, 0.4) is 0 Å². The van der Waals surface area contributed by atoms with Gasteiger partial charge in [0.15, 0.2) is 6.17 Å². The number of esters is 1. The van der Waals surface area contributed by atoms with E-state index in [2.05, 4.69) is 0 Å². The van der Waals surface area contributed by atoms with Gasteiger partial charge in [-0.25, -0.2) is 4.39 Å². The Morgan fingerprint density at radius 1 is 1.12 bits per heavy atom. The Morgan fingerprint density at radius 2 is 1.58 bits per heavy atom. The fourth-order valence-corrected chi connectivity index (χ4v) is 3.22. The van der Waals surface area contributed by atoms with Crippen molar-refractivity contribution in [3.8, 4) is 0 Å². The minimum atomic E-state index is -5.88. The zero-order valence-corrected chi connectivity index (χ0v) is 17.3. The van der Waals surface area contributed by atoms with E-state index in [1.54, 1.807) is 6.92 Å². The van der Waals surface area contributed by atoms with Crippen molar-refractivity contribution in [2.45, 2.75) is 79.2 Å². The summed E-state index contributed by atoms with van der Waals surface area (Å²) in [6, 6.07) is 0. The van der Waals surface area contributed by atoms with E-state index < -0.39 is 51.4 Å². The molecular weight excluding hydrogens is 373 g/mol. The highest BCUT2D eigenvalue weighted by Gasteiger charge is 2.53. The third-order valence-electron chi connectivity index (χ3n) is 5.03. The van der Waals surface area contributed by atoms with E-state index in [1.807, 2.05) is 41.5 Å². The van der Waals surface area contributed by atoms with Gasteiger partial charge in [0.1, 0.15) is 0 Å². The molecular formula is C17H31F3O5S. The van der Waals surface area contributed by atoms with Crippen LogP contribution in [0.2, 0.25) is 0 Å². The highest BCUT2D eigenvalue weighted by atomic mass is 32.2. The van der Waals surface area contributed by atoms with Gasteiger partial charge in [-0.1, -0.05) is 41.5 Å². The molecule has 0 aliphatic heterocycles. The van der Waals surface area contributed by atoms with Gasteiger partial charge in [0.25, 0.3) is 0 Å². The van der Waals surface area contributed by atoms with Crippen molar-refractivity contribution in [3.63, 3.8) is 0 Å². The summed E-state index contributed by atoms with van der Waals surface area (Å²) in [5.74, 6) is -0.651. The van der Waals surface area contributed by atoms with Gasteiger partial charge in [0.05, 0.1) is 12.0 Å². The van der Waals surface area contributed by atoms with Gasteiger partial charge in [0, 0.05) is 6.42 Å². The summed E-state index contributed by atoms with van der Waals surface area (Å²) in [5.41, 5.74) is -1.64. The lowest BCUT2D eigenvalue weighted by Gasteiger charge is -2.45. The molecule has 2 unspecified atom stereocenters. The SMILES string of the molecule is CCC(C)(C)C(C)(CC(C)(C)C)C(=O)OCCC(F)C(F)(F)S(=O)(=O)O. The number of rotatable bonds is 9. The van der Waals surface area contributed by atoms with Crippen LogP contribution in [-0.4, -0.2) is 37.0 Å². The molecule has 26 heavy (non-hydrogen) atoms. The summed E-state index contributed by atoms with van der Waals surface area (Å²) in [6.07, 6.45) is -3.11. The maximum Gasteiger partial charge on any atom is 0.400 e. The summed E-state index contributed by atoms with van der Waals surface area (Å²) < 4.78 is 74.4. The van der Waals surface area contributed by atoms with Crippen molar-refractivity contribution < 1.29 is 35.7 Å². The Kier molecular flexibility index (Phi) is 7.78. The molecule has 0 rings (SSSR count). The maximum absolute atomic E-state index is 13.5. The molecule has 0 aromatic heterocycles. The first-order chi connectivity index (χ1) is 11.3. The summed E-state index contributed by atoms with van der Waals surface area (Å²) in [6.45, 7) is 12.6. The molecule has 0 saturated carbocycles. The first-order valence-electron chi connectivity index (χ1n) is 8.48. The van der Waals surface area contributed by atoms with Crippen LogP contribution in [0.1, 0.15) is 67.7 Å². The normalized spacial score (nSPS) is 17.5. The lowest BCUT2D eigenvalue weighted by Crippen LogP contribution is -2.46. The highest BCUT2D eigenvalue weighted by Crippen LogP contribution is 2.49. The summed E-state index contributed by atoms with van der Waals surface area (Å²) in [7, 11) is -5.88. The number of ether oxygens (including phenoxy) is 1. The molecule has 0 heterocycles. The zero-order chi connectivity index (χ0) is 21.2. The van der Waals surface area contributed by atoms with E-state index in [4.69, 9.17) is 9.29 Å². The number of carbonyl (C=O) groups is 1. The van der Waals surface area contributed by atoms with Crippen LogP contribution >= 0.6 is 0 Å². The molecule has 1 N–H and O–H groups in total. The van der Waals surface area contributed by atoms with Gasteiger partial charge < -0.3 is 4.74 Å². The second-order valence-corrected chi connectivity index (χ2v) is 10.2. The summed E-state index contributed by atoms with van der Waals surface area (Å²) in [5, 5.41) is -4.95. The topological polar surface area (TPSA) is 80.7 Å². The van der Waals surface area contributed by atoms with Gasteiger partial charge in [-0.15, -0.1) is 0 Å². The molecule has 2 atom stereocenters. The van der Waals surface area contributed by atoms with E-state index >= 15 is 0 Å². The third-order valence-corrected chi connectivity index (χ3v) is 5.97. The summed E-state index contributed by atoms with van der Waals surface area (Å²) in [4.78, 5) is 12.7. The Hall–Kier alpha value is -0.830. The lowest BCUT2D eigenvalue weighted by atomic mass is 9.59. The molecule has 0 aliphatic rings. The highest BCUT2D eigenvalue weighted by molar-refractivity contribution is 7.86. The Labute approximate surface area is 154 Å². The molecule has 0 aliphatic carbocycles. The third kappa shape index (κ3) is 5.84. The van der Waals surface area contributed by atoms with Crippen LogP contribution in [0.5, 0.6) is 0 Å². The average Bonchev–Trinajstić information content (AvgIpc) is 2.43. The lowest BCUT2D eigenvalue weighted by molar-refractivity contribution is -0.167. The van der Waals surface area contributed by atoms with Crippen LogP contribution in [-0.2, 0) is 19.6 Å². The smallest absolute Gasteiger partial charge is 0.400 e. The van der Waals surface area contributed by atoms with Crippen LogP contribution in [0.4, 0.5) is 13.2 Å². The monoisotopic (exact) mass is 404 g/mol. The fraction of sp³-hybridized carbons (Fsp3) is 0.941. The van der Waals surface area contributed by atoms with Crippen molar-refractivity contribution in [2.24, 2.45) is 16.2 Å². The first-order valence-corrected chi connectivity index (χ1v) is 9.92. The van der Waals surface area contributed by atoms with Gasteiger partial charge in [-0.05, 0) is 30.6 Å². The second-order valence-electron chi connectivity index (χ2n) is 8.74. The number of carbonyl (C=O) groups excluding carboxylic acids is 1. The zero-order valence-electron chi connectivity index (χ0n) is 16.5. The van der Waals surface area contributed by atoms with E-state index in [0.717, 1.165) is 0 Å². The minimum absolute atomic E-state index is 0.221. The molecule has 0 aromatic rings. The fourth-order valence-electron chi connectivity index (χ4n) is 2.78. The van der Waals surface area contributed by atoms with Crippen molar-refractivity contribution >= 4 is 16.1 Å². The van der Waals surface area contributed by atoms with E-state index in [9.17, 15) is 26.4 Å². The number of hydrogen-bond donors (Lipinski definition) is 1.